The van der Waals surface area contributed by atoms with Gasteiger partial charge in [-0.1, -0.05) is 63.2 Å². The molecule has 0 heterocycles. The summed E-state index contributed by atoms with van der Waals surface area (Å²) in [6.07, 6.45) is 7.17. The molecule has 0 aliphatic carbocycles. The molecule has 252 valence electrons. The Bertz CT molecular complexity index is 1240. The molecular formula is C34H38O13. The van der Waals surface area contributed by atoms with Gasteiger partial charge in [-0.25, -0.2) is 28.8 Å². The van der Waals surface area contributed by atoms with Gasteiger partial charge in [-0.15, -0.1) is 0 Å². The molecule has 0 atom stereocenters. The maximum absolute atomic E-state index is 12.6. The molecule has 0 N–H and O–H groups in total. The van der Waals surface area contributed by atoms with Crippen LogP contribution in [0.3, 0.4) is 0 Å². The fraction of sp³-hybridized carbons (Fsp3) is 0.294. The molecule has 0 fully saturated rings. The average Bonchev–Trinajstić information content (AvgIpc) is 3.10. The van der Waals surface area contributed by atoms with Crippen molar-refractivity contribution < 1.29 is 61.9 Å². The van der Waals surface area contributed by atoms with Crippen molar-refractivity contribution in [3.8, 4) is 0 Å². The molecule has 1 aromatic carbocycles. The number of benzene rings is 1. The SMILES string of the molecule is C=CC(=O)OCC(COCC(COC(=O)C=C)(COC(=O)C=C)COC(=O)/C=C/c1ccccc1)(COC(=O)C=C)COC(=O)C=C. The molecule has 0 aliphatic heterocycles. The van der Waals surface area contributed by atoms with Crippen LogP contribution in [-0.4, -0.2) is 88.7 Å². The van der Waals surface area contributed by atoms with Crippen LogP contribution in [0.15, 0.2) is 99.7 Å². The highest BCUT2D eigenvalue weighted by molar-refractivity contribution is 5.87. The van der Waals surface area contributed by atoms with E-state index < -0.39 is 99.5 Å². The van der Waals surface area contributed by atoms with Crippen molar-refractivity contribution in [1.82, 2.24) is 0 Å². The molecule has 0 bridgehead atoms. The second-order valence-electron chi connectivity index (χ2n) is 9.90. The Morgan fingerprint density at radius 3 is 1.06 bits per heavy atom. The molecule has 0 aliphatic rings. The Morgan fingerprint density at radius 2 is 0.766 bits per heavy atom. The van der Waals surface area contributed by atoms with Crippen molar-refractivity contribution in [3.05, 3.63) is 105 Å². The van der Waals surface area contributed by atoms with Gasteiger partial charge >= 0.3 is 35.8 Å². The Morgan fingerprint density at radius 1 is 0.468 bits per heavy atom. The highest BCUT2D eigenvalue weighted by atomic mass is 16.6. The van der Waals surface area contributed by atoms with E-state index in [9.17, 15) is 28.8 Å². The van der Waals surface area contributed by atoms with Gasteiger partial charge in [-0.05, 0) is 11.6 Å². The fourth-order valence-corrected chi connectivity index (χ4v) is 3.40. The third-order valence-electron chi connectivity index (χ3n) is 5.98. The van der Waals surface area contributed by atoms with E-state index in [1.54, 1.807) is 24.3 Å². The summed E-state index contributed by atoms with van der Waals surface area (Å²) in [6, 6.07) is 8.91. The zero-order valence-corrected chi connectivity index (χ0v) is 25.9. The fourth-order valence-electron chi connectivity index (χ4n) is 3.40. The van der Waals surface area contributed by atoms with Gasteiger partial charge in [0.25, 0.3) is 0 Å². The van der Waals surface area contributed by atoms with Crippen molar-refractivity contribution in [3.63, 3.8) is 0 Å². The minimum atomic E-state index is -1.52. The Balaban J connectivity index is 3.40. The molecule has 0 radical (unpaired) electrons. The van der Waals surface area contributed by atoms with Crippen molar-refractivity contribution in [2.75, 3.05) is 52.9 Å². The number of esters is 6. The third kappa shape index (κ3) is 15.8. The zero-order valence-electron chi connectivity index (χ0n) is 25.9. The smallest absolute Gasteiger partial charge is 0.330 e. The Kier molecular flexibility index (Phi) is 17.8. The lowest BCUT2D eigenvalue weighted by atomic mass is 9.90. The second-order valence-corrected chi connectivity index (χ2v) is 9.90. The van der Waals surface area contributed by atoms with E-state index in [-0.39, 0.29) is 0 Å². The highest BCUT2D eigenvalue weighted by Crippen LogP contribution is 2.26. The predicted octanol–water partition coefficient (Wildman–Crippen LogP) is 2.88. The molecule has 1 aromatic rings. The summed E-state index contributed by atoms with van der Waals surface area (Å²) in [6.45, 7) is 12.9. The van der Waals surface area contributed by atoms with Crippen LogP contribution in [-0.2, 0) is 61.9 Å². The van der Waals surface area contributed by atoms with E-state index in [0.717, 1.165) is 35.9 Å². The van der Waals surface area contributed by atoms with Gasteiger partial charge in [0.15, 0.2) is 0 Å². The van der Waals surface area contributed by atoms with Crippen LogP contribution >= 0.6 is 0 Å². The number of ether oxygens (including phenoxy) is 7. The average molecular weight is 655 g/mol. The van der Waals surface area contributed by atoms with Crippen LogP contribution < -0.4 is 0 Å². The first-order valence-corrected chi connectivity index (χ1v) is 13.9. The van der Waals surface area contributed by atoms with E-state index in [2.05, 4.69) is 32.9 Å². The third-order valence-corrected chi connectivity index (χ3v) is 5.98. The zero-order chi connectivity index (χ0) is 35.1. The van der Waals surface area contributed by atoms with Crippen LogP contribution in [0.1, 0.15) is 5.56 Å². The molecule has 13 nitrogen and oxygen atoms in total. The van der Waals surface area contributed by atoms with E-state index in [4.69, 9.17) is 33.2 Å². The molecule has 13 heteroatoms. The summed E-state index contributed by atoms with van der Waals surface area (Å²) < 4.78 is 37.5. The van der Waals surface area contributed by atoms with Gasteiger partial charge in [0.05, 0.1) is 24.0 Å². The Hall–Kier alpha value is -5.56. The lowest BCUT2D eigenvalue weighted by Gasteiger charge is -2.35. The summed E-state index contributed by atoms with van der Waals surface area (Å²) in [7, 11) is 0. The van der Waals surface area contributed by atoms with Gasteiger partial charge in [-0.3, -0.25) is 0 Å². The van der Waals surface area contributed by atoms with Crippen LogP contribution in [0.5, 0.6) is 0 Å². The molecule has 0 aromatic heterocycles. The molecule has 0 unspecified atom stereocenters. The largest absolute Gasteiger partial charge is 0.462 e. The monoisotopic (exact) mass is 654 g/mol. The van der Waals surface area contributed by atoms with Crippen LogP contribution in [0.25, 0.3) is 6.08 Å². The molecule has 47 heavy (non-hydrogen) atoms. The van der Waals surface area contributed by atoms with Crippen molar-refractivity contribution >= 4 is 41.9 Å². The first-order valence-electron chi connectivity index (χ1n) is 13.9. The van der Waals surface area contributed by atoms with E-state index in [0.29, 0.717) is 0 Å². The van der Waals surface area contributed by atoms with Gasteiger partial charge in [0, 0.05) is 36.5 Å². The van der Waals surface area contributed by atoms with Crippen molar-refractivity contribution in [1.29, 1.82) is 0 Å². The van der Waals surface area contributed by atoms with E-state index in [1.807, 2.05) is 6.07 Å². The maximum Gasteiger partial charge on any atom is 0.330 e. The number of carbonyl (C=O) groups is 6. The normalized spacial score (nSPS) is 10.9. The Labute approximate surface area is 272 Å². The van der Waals surface area contributed by atoms with E-state index >= 15 is 0 Å². The first kappa shape index (κ1) is 39.5. The standard InChI is InChI=1S/C34H38O13/c1-6-27(35)42-20-33(21-43-28(36)7-2,22-44-29(37)8-3)18-41-19-34(23-45-30(38)9-4,24-46-31(39)10-5)25-47-32(40)17-16-26-14-12-11-13-15-26/h6-17H,1-5,18-25H2/b17-16+. The highest BCUT2D eigenvalue weighted by Gasteiger charge is 2.40. The quantitative estimate of drug-likeness (QED) is 0.0961. The van der Waals surface area contributed by atoms with Crippen LogP contribution in [0.2, 0.25) is 0 Å². The summed E-state index contributed by atoms with van der Waals surface area (Å²) in [4.78, 5) is 72.5. The van der Waals surface area contributed by atoms with E-state index in [1.165, 1.54) is 12.2 Å². The summed E-state index contributed by atoms with van der Waals surface area (Å²) in [5, 5.41) is 0. The minimum absolute atomic E-state index is 0.430. The summed E-state index contributed by atoms with van der Waals surface area (Å²) >= 11 is 0. The second kappa shape index (κ2) is 21.2. The number of rotatable bonds is 23. The topological polar surface area (TPSA) is 167 Å². The van der Waals surface area contributed by atoms with Gasteiger partial charge < -0.3 is 33.2 Å². The number of carbonyl (C=O) groups excluding carboxylic acids is 6. The molecule has 0 saturated heterocycles. The minimum Gasteiger partial charge on any atom is -0.462 e. The predicted molar refractivity (Wildman–Crippen MR) is 168 cm³/mol. The van der Waals surface area contributed by atoms with Crippen LogP contribution in [0, 0.1) is 10.8 Å². The summed E-state index contributed by atoms with van der Waals surface area (Å²) in [5.74, 6) is -4.95. The van der Waals surface area contributed by atoms with Gasteiger partial charge in [-0.2, -0.15) is 0 Å². The molecule has 0 saturated carbocycles. The molecule has 1 rings (SSSR count). The number of hydrogen-bond donors (Lipinski definition) is 0. The van der Waals surface area contributed by atoms with Crippen LogP contribution in [0.4, 0.5) is 0 Å². The molecule has 0 amide bonds. The van der Waals surface area contributed by atoms with Crippen molar-refractivity contribution in [2.45, 2.75) is 0 Å². The first-order chi connectivity index (χ1) is 22.5. The van der Waals surface area contributed by atoms with Gasteiger partial charge in [0.1, 0.15) is 39.6 Å². The van der Waals surface area contributed by atoms with Crippen molar-refractivity contribution in [2.24, 2.45) is 10.8 Å². The molecule has 0 spiro atoms. The lowest BCUT2D eigenvalue weighted by Crippen LogP contribution is -2.47. The number of hydrogen-bond acceptors (Lipinski definition) is 13. The summed E-state index contributed by atoms with van der Waals surface area (Å²) in [5.41, 5.74) is -2.30. The maximum atomic E-state index is 12.6. The lowest BCUT2D eigenvalue weighted by molar-refractivity contribution is -0.169. The molecular weight excluding hydrogens is 616 g/mol. The van der Waals surface area contributed by atoms with Gasteiger partial charge in [0.2, 0.25) is 0 Å².